The molecular weight excluding hydrogens is 326 g/mol. The quantitative estimate of drug-likeness (QED) is 0.731. The molecule has 1 aliphatic rings. The minimum atomic E-state index is -0.267. The maximum Gasteiger partial charge on any atom is 0.347 e. The molecule has 0 N–H and O–H groups in total. The number of carbonyl (C=O) groups is 1. The Labute approximate surface area is 151 Å². The molecule has 5 heteroatoms. The van der Waals surface area contributed by atoms with Crippen LogP contribution in [0.4, 0.5) is 0 Å². The standard InChI is InChI=1S/C21H21N3O2/c1-13-4-5-15(20(25)23(2)17-7-8-17)11-18(13)14-6-9-19-16(10-14)12-22-21(26)24(19)3/h4-6,9-12,17H,7-8H2,1-3H3. The molecule has 0 unspecified atom stereocenters. The van der Waals surface area contributed by atoms with Crippen LogP contribution in [0.25, 0.3) is 22.0 Å². The van der Waals surface area contributed by atoms with Gasteiger partial charge >= 0.3 is 5.69 Å². The Morgan fingerprint density at radius 3 is 2.69 bits per heavy atom. The minimum Gasteiger partial charge on any atom is -0.339 e. The summed E-state index contributed by atoms with van der Waals surface area (Å²) in [6.07, 6.45) is 3.79. The Morgan fingerprint density at radius 1 is 1.19 bits per heavy atom. The second-order valence-corrected chi connectivity index (χ2v) is 7.05. The summed E-state index contributed by atoms with van der Waals surface area (Å²) < 4.78 is 1.54. The Kier molecular flexibility index (Phi) is 3.87. The maximum absolute atomic E-state index is 12.7. The van der Waals surface area contributed by atoms with Gasteiger partial charge in [0.15, 0.2) is 0 Å². The van der Waals surface area contributed by atoms with Crippen LogP contribution in [0.1, 0.15) is 28.8 Å². The van der Waals surface area contributed by atoms with E-state index >= 15 is 0 Å². The molecule has 1 saturated carbocycles. The van der Waals surface area contributed by atoms with Crippen LogP contribution in [-0.2, 0) is 7.05 Å². The van der Waals surface area contributed by atoms with Crippen molar-refractivity contribution in [1.29, 1.82) is 0 Å². The van der Waals surface area contributed by atoms with Crippen molar-refractivity contribution in [3.8, 4) is 11.1 Å². The van der Waals surface area contributed by atoms with E-state index in [4.69, 9.17) is 0 Å². The third-order valence-electron chi connectivity index (χ3n) is 5.20. The van der Waals surface area contributed by atoms with Gasteiger partial charge in [-0.25, -0.2) is 9.78 Å². The second-order valence-electron chi connectivity index (χ2n) is 7.05. The summed E-state index contributed by atoms with van der Waals surface area (Å²) in [5.41, 5.74) is 4.42. The molecule has 132 valence electrons. The summed E-state index contributed by atoms with van der Waals surface area (Å²) in [7, 11) is 3.59. The number of rotatable bonds is 3. The fraction of sp³-hybridized carbons (Fsp3) is 0.286. The number of amides is 1. The third kappa shape index (κ3) is 2.79. The molecule has 26 heavy (non-hydrogen) atoms. The van der Waals surface area contributed by atoms with E-state index < -0.39 is 0 Å². The van der Waals surface area contributed by atoms with Gasteiger partial charge in [-0.05, 0) is 60.7 Å². The molecule has 0 radical (unpaired) electrons. The van der Waals surface area contributed by atoms with Crippen LogP contribution >= 0.6 is 0 Å². The molecule has 0 atom stereocenters. The topological polar surface area (TPSA) is 55.2 Å². The van der Waals surface area contributed by atoms with Crippen LogP contribution in [0.15, 0.2) is 47.4 Å². The number of nitrogens with zero attached hydrogens (tertiary/aromatic N) is 3. The van der Waals surface area contributed by atoms with E-state index in [0.29, 0.717) is 11.6 Å². The molecule has 0 spiro atoms. The molecule has 1 aliphatic carbocycles. The predicted molar refractivity (Wildman–Crippen MR) is 102 cm³/mol. The first-order valence-electron chi connectivity index (χ1n) is 8.79. The summed E-state index contributed by atoms with van der Waals surface area (Å²) in [5, 5.41) is 0.899. The van der Waals surface area contributed by atoms with Gasteiger partial charge in [0.1, 0.15) is 0 Å². The van der Waals surface area contributed by atoms with E-state index in [1.807, 2.05) is 55.3 Å². The molecule has 0 bridgehead atoms. The van der Waals surface area contributed by atoms with Gasteiger partial charge in [-0.15, -0.1) is 0 Å². The molecule has 1 amide bonds. The lowest BCUT2D eigenvalue weighted by Gasteiger charge is -2.17. The first-order valence-corrected chi connectivity index (χ1v) is 8.79. The van der Waals surface area contributed by atoms with E-state index in [9.17, 15) is 9.59 Å². The second kappa shape index (κ2) is 6.09. The maximum atomic E-state index is 12.7. The highest BCUT2D eigenvalue weighted by Crippen LogP contribution is 2.30. The predicted octanol–water partition coefficient (Wildman–Crippen LogP) is 3.14. The van der Waals surface area contributed by atoms with Gasteiger partial charge < -0.3 is 4.90 Å². The summed E-state index contributed by atoms with van der Waals surface area (Å²) in [5.74, 6) is 0.0682. The average Bonchev–Trinajstić information content (AvgIpc) is 3.49. The number of hydrogen-bond donors (Lipinski definition) is 0. The highest BCUT2D eigenvalue weighted by Gasteiger charge is 2.30. The summed E-state index contributed by atoms with van der Waals surface area (Å²) in [6.45, 7) is 2.04. The van der Waals surface area contributed by atoms with Crippen molar-refractivity contribution >= 4 is 16.8 Å². The lowest BCUT2D eigenvalue weighted by Crippen LogP contribution is -2.28. The zero-order chi connectivity index (χ0) is 18.4. The Balaban J connectivity index is 1.78. The van der Waals surface area contributed by atoms with Gasteiger partial charge in [0, 0.05) is 37.3 Å². The molecule has 1 aromatic heterocycles. The number of aryl methyl sites for hydroxylation is 2. The monoisotopic (exact) mass is 347 g/mol. The van der Waals surface area contributed by atoms with Crippen LogP contribution in [0, 0.1) is 6.92 Å². The first-order chi connectivity index (χ1) is 12.5. The lowest BCUT2D eigenvalue weighted by molar-refractivity contribution is 0.0785. The molecule has 3 aromatic rings. The van der Waals surface area contributed by atoms with E-state index in [-0.39, 0.29) is 11.6 Å². The van der Waals surface area contributed by atoms with E-state index in [1.165, 1.54) is 4.57 Å². The molecule has 4 rings (SSSR count). The van der Waals surface area contributed by atoms with Crippen molar-refractivity contribution < 1.29 is 4.79 Å². The zero-order valence-corrected chi connectivity index (χ0v) is 15.2. The zero-order valence-electron chi connectivity index (χ0n) is 15.2. The van der Waals surface area contributed by atoms with E-state index in [1.54, 1.807) is 13.2 Å². The Bertz CT molecular complexity index is 1080. The highest BCUT2D eigenvalue weighted by molar-refractivity contribution is 5.96. The molecular formula is C21H21N3O2. The van der Waals surface area contributed by atoms with Crippen molar-refractivity contribution in [2.24, 2.45) is 7.05 Å². The van der Waals surface area contributed by atoms with Crippen molar-refractivity contribution in [2.75, 3.05) is 7.05 Å². The largest absolute Gasteiger partial charge is 0.347 e. The van der Waals surface area contributed by atoms with Crippen molar-refractivity contribution in [2.45, 2.75) is 25.8 Å². The molecule has 0 saturated heterocycles. The number of carbonyl (C=O) groups excluding carboxylic acids is 1. The number of aromatic nitrogens is 2. The van der Waals surface area contributed by atoms with Gasteiger partial charge in [0.2, 0.25) is 0 Å². The van der Waals surface area contributed by atoms with Crippen LogP contribution in [-0.4, -0.2) is 33.4 Å². The van der Waals surface area contributed by atoms with Crippen molar-refractivity contribution in [1.82, 2.24) is 14.5 Å². The minimum absolute atomic E-state index is 0.0682. The highest BCUT2D eigenvalue weighted by atomic mass is 16.2. The van der Waals surface area contributed by atoms with Gasteiger partial charge in [-0.2, -0.15) is 0 Å². The number of hydrogen-bond acceptors (Lipinski definition) is 3. The Hall–Kier alpha value is -2.95. The first kappa shape index (κ1) is 16.5. The fourth-order valence-electron chi connectivity index (χ4n) is 3.34. The normalized spacial score (nSPS) is 13.8. The molecule has 5 nitrogen and oxygen atoms in total. The van der Waals surface area contributed by atoms with E-state index in [2.05, 4.69) is 4.98 Å². The molecule has 0 aliphatic heterocycles. The van der Waals surface area contributed by atoms with Gasteiger partial charge in [0.25, 0.3) is 5.91 Å². The SMILES string of the molecule is Cc1ccc(C(=O)N(C)C2CC2)cc1-c1ccc2c(cnc(=O)n2C)c1. The molecule has 1 heterocycles. The van der Waals surface area contributed by atoms with Crippen LogP contribution in [0.3, 0.4) is 0 Å². The fourth-order valence-corrected chi connectivity index (χ4v) is 3.34. The van der Waals surface area contributed by atoms with Gasteiger partial charge in [-0.1, -0.05) is 12.1 Å². The summed E-state index contributed by atoms with van der Waals surface area (Å²) in [6, 6.07) is 12.2. The molecule has 1 fully saturated rings. The third-order valence-corrected chi connectivity index (χ3v) is 5.20. The lowest BCUT2D eigenvalue weighted by atomic mass is 9.96. The van der Waals surface area contributed by atoms with Gasteiger partial charge in [-0.3, -0.25) is 9.36 Å². The van der Waals surface area contributed by atoms with Crippen molar-refractivity contribution in [3.05, 3.63) is 64.2 Å². The Morgan fingerprint density at radius 2 is 1.96 bits per heavy atom. The van der Waals surface area contributed by atoms with Crippen molar-refractivity contribution in [3.63, 3.8) is 0 Å². The van der Waals surface area contributed by atoms with E-state index in [0.717, 1.165) is 40.4 Å². The van der Waals surface area contributed by atoms with Crippen LogP contribution < -0.4 is 5.69 Å². The average molecular weight is 347 g/mol. The van der Waals surface area contributed by atoms with Gasteiger partial charge in [0.05, 0.1) is 5.52 Å². The van der Waals surface area contributed by atoms with Crippen LogP contribution in [0.2, 0.25) is 0 Å². The number of benzene rings is 2. The summed E-state index contributed by atoms with van der Waals surface area (Å²) >= 11 is 0. The molecule has 2 aromatic carbocycles. The number of fused-ring (bicyclic) bond motifs is 1. The summed E-state index contributed by atoms with van der Waals surface area (Å²) in [4.78, 5) is 30.1. The van der Waals surface area contributed by atoms with Crippen LogP contribution in [0.5, 0.6) is 0 Å². The smallest absolute Gasteiger partial charge is 0.339 e.